The molecule has 0 spiro atoms. The van der Waals surface area contributed by atoms with Crippen molar-refractivity contribution in [2.24, 2.45) is 0 Å². The van der Waals surface area contributed by atoms with Gasteiger partial charge in [-0.25, -0.2) is 9.97 Å². The molecule has 0 unspecified atom stereocenters. The first-order valence-electron chi connectivity index (χ1n) is 3.42. The van der Waals surface area contributed by atoms with Gasteiger partial charge in [0.1, 0.15) is 16.4 Å². The Morgan fingerprint density at radius 2 is 2.42 bits per heavy atom. The van der Waals surface area contributed by atoms with E-state index in [9.17, 15) is 0 Å². The molecule has 12 heavy (non-hydrogen) atoms. The highest BCUT2D eigenvalue weighted by Gasteiger charge is 2.03. The Kier molecular flexibility index (Phi) is 1.52. The van der Waals surface area contributed by atoms with Crippen LogP contribution in [0.5, 0.6) is 0 Å². The summed E-state index contributed by atoms with van der Waals surface area (Å²) in [6, 6.07) is 3.85. The molecule has 2 heterocycles. The summed E-state index contributed by atoms with van der Waals surface area (Å²) in [6.07, 6.45) is 0. The first kappa shape index (κ1) is 7.19. The van der Waals surface area contributed by atoms with Crippen LogP contribution in [0.2, 0.25) is 0 Å². The molecule has 0 aliphatic heterocycles. The molecular formula is C8H5N3S. The lowest BCUT2D eigenvalue weighted by Gasteiger charge is -1.93. The summed E-state index contributed by atoms with van der Waals surface area (Å²) in [5, 5.41) is 8.70. The van der Waals surface area contributed by atoms with E-state index in [1.807, 2.05) is 6.92 Å². The summed E-state index contributed by atoms with van der Waals surface area (Å²) in [7, 11) is 0. The zero-order valence-corrected chi connectivity index (χ0v) is 7.22. The Bertz CT molecular complexity index is 467. The molecule has 2 rings (SSSR count). The van der Waals surface area contributed by atoms with Crippen molar-refractivity contribution >= 4 is 21.7 Å². The molecule has 2 aromatic heterocycles. The van der Waals surface area contributed by atoms with Crippen molar-refractivity contribution in [2.45, 2.75) is 6.92 Å². The van der Waals surface area contributed by atoms with Gasteiger partial charge in [-0.15, -0.1) is 11.3 Å². The van der Waals surface area contributed by atoms with Crippen LogP contribution in [0.25, 0.3) is 10.3 Å². The predicted molar refractivity (Wildman–Crippen MR) is 46.9 cm³/mol. The van der Waals surface area contributed by atoms with E-state index in [-0.39, 0.29) is 0 Å². The average molecular weight is 175 g/mol. The van der Waals surface area contributed by atoms with Gasteiger partial charge in [0.05, 0.1) is 16.8 Å². The van der Waals surface area contributed by atoms with E-state index in [1.165, 1.54) is 11.3 Å². The monoisotopic (exact) mass is 175 g/mol. The Balaban J connectivity index is 2.84. The number of pyridine rings is 1. The minimum Gasteiger partial charge on any atom is -0.243 e. The Morgan fingerprint density at radius 1 is 1.58 bits per heavy atom. The fourth-order valence-corrected chi connectivity index (χ4v) is 1.69. The van der Waals surface area contributed by atoms with Gasteiger partial charge >= 0.3 is 0 Å². The van der Waals surface area contributed by atoms with Crippen molar-refractivity contribution in [1.29, 1.82) is 5.26 Å². The Hall–Kier alpha value is -1.47. The maximum absolute atomic E-state index is 8.70. The normalized spacial score (nSPS) is 10.0. The number of thiazole rings is 1. The number of fused-ring (bicyclic) bond motifs is 1. The SMILES string of the molecule is Cc1nc2scnc2cc1C#N. The van der Waals surface area contributed by atoms with Gasteiger partial charge in [-0.2, -0.15) is 5.26 Å². The third-order valence-electron chi connectivity index (χ3n) is 1.64. The second-order valence-corrected chi connectivity index (χ2v) is 3.24. The van der Waals surface area contributed by atoms with E-state index in [0.29, 0.717) is 5.56 Å². The number of aromatic nitrogens is 2. The van der Waals surface area contributed by atoms with Crippen molar-refractivity contribution in [3.8, 4) is 6.07 Å². The molecule has 4 heteroatoms. The van der Waals surface area contributed by atoms with Gasteiger partial charge in [0.2, 0.25) is 0 Å². The third-order valence-corrected chi connectivity index (χ3v) is 2.37. The highest BCUT2D eigenvalue weighted by atomic mass is 32.1. The number of hydrogen-bond acceptors (Lipinski definition) is 4. The maximum atomic E-state index is 8.70. The van der Waals surface area contributed by atoms with E-state index < -0.39 is 0 Å². The van der Waals surface area contributed by atoms with Crippen LogP contribution in [-0.4, -0.2) is 9.97 Å². The molecule has 0 fully saturated rings. The van der Waals surface area contributed by atoms with Crippen LogP contribution < -0.4 is 0 Å². The summed E-state index contributed by atoms with van der Waals surface area (Å²) in [4.78, 5) is 9.21. The Morgan fingerprint density at radius 3 is 3.17 bits per heavy atom. The molecule has 3 nitrogen and oxygen atoms in total. The smallest absolute Gasteiger partial charge is 0.143 e. The van der Waals surface area contributed by atoms with Crippen LogP contribution in [0.15, 0.2) is 11.6 Å². The molecule has 58 valence electrons. The molecule has 0 bridgehead atoms. The summed E-state index contributed by atoms with van der Waals surface area (Å²) >= 11 is 1.49. The van der Waals surface area contributed by atoms with Gasteiger partial charge in [-0.05, 0) is 13.0 Å². The van der Waals surface area contributed by atoms with Gasteiger partial charge in [-0.3, -0.25) is 0 Å². The van der Waals surface area contributed by atoms with Gasteiger partial charge in [0.25, 0.3) is 0 Å². The maximum Gasteiger partial charge on any atom is 0.143 e. The first-order valence-corrected chi connectivity index (χ1v) is 4.30. The minimum atomic E-state index is 0.605. The predicted octanol–water partition coefficient (Wildman–Crippen LogP) is 1.87. The van der Waals surface area contributed by atoms with Crippen LogP contribution in [-0.2, 0) is 0 Å². The van der Waals surface area contributed by atoms with Crippen LogP contribution in [0.3, 0.4) is 0 Å². The lowest BCUT2D eigenvalue weighted by molar-refractivity contribution is 1.23. The van der Waals surface area contributed by atoms with Gasteiger partial charge in [-0.1, -0.05) is 0 Å². The van der Waals surface area contributed by atoms with Crippen molar-refractivity contribution in [2.75, 3.05) is 0 Å². The largest absolute Gasteiger partial charge is 0.243 e. The molecule has 0 amide bonds. The van der Waals surface area contributed by atoms with Crippen LogP contribution >= 0.6 is 11.3 Å². The fraction of sp³-hybridized carbons (Fsp3) is 0.125. The molecular weight excluding hydrogens is 170 g/mol. The molecule has 0 N–H and O–H groups in total. The van der Waals surface area contributed by atoms with Crippen molar-refractivity contribution in [3.63, 3.8) is 0 Å². The van der Waals surface area contributed by atoms with E-state index in [4.69, 9.17) is 5.26 Å². The van der Waals surface area contributed by atoms with Crippen molar-refractivity contribution in [3.05, 3.63) is 22.8 Å². The van der Waals surface area contributed by atoms with E-state index in [0.717, 1.165) is 16.0 Å². The second kappa shape index (κ2) is 2.54. The second-order valence-electron chi connectivity index (χ2n) is 2.41. The highest BCUT2D eigenvalue weighted by molar-refractivity contribution is 7.16. The first-order chi connectivity index (χ1) is 5.81. The summed E-state index contributed by atoms with van der Waals surface area (Å²) in [6.45, 7) is 1.83. The number of nitriles is 1. The van der Waals surface area contributed by atoms with Gasteiger partial charge in [0.15, 0.2) is 0 Å². The quantitative estimate of drug-likeness (QED) is 0.614. The molecule has 0 atom stereocenters. The molecule has 0 radical (unpaired) electrons. The summed E-state index contributed by atoms with van der Waals surface area (Å²) in [5.74, 6) is 0. The van der Waals surface area contributed by atoms with Gasteiger partial charge in [0, 0.05) is 0 Å². The van der Waals surface area contributed by atoms with Gasteiger partial charge < -0.3 is 0 Å². The van der Waals surface area contributed by atoms with E-state index >= 15 is 0 Å². The lowest BCUT2D eigenvalue weighted by atomic mass is 10.2. The molecule has 0 saturated heterocycles. The number of hydrogen-bond donors (Lipinski definition) is 0. The molecule has 0 aromatic carbocycles. The lowest BCUT2D eigenvalue weighted by Crippen LogP contribution is -1.86. The van der Waals surface area contributed by atoms with E-state index in [2.05, 4.69) is 16.0 Å². The molecule has 0 aliphatic carbocycles. The van der Waals surface area contributed by atoms with Crippen LogP contribution in [0.1, 0.15) is 11.3 Å². The Labute approximate surface area is 73.3 Å². The number of rotatable bonds is 0. The third kappa shape index (κ3) is 0.953. The molecule has 2 aromatic rings. The zero-order valence-electron chi connectivity index (χ0n) is 6.40. The standard InChI is InChI=1S/C8H5N3S/c1-5-6(3-9)2-7-8(11-5)12-4-10-7/h2,4H,1H3. The highest BCUT2D eigenvalue weighted by Crippen LogP contribution is 2.17. The fourth-order valence-electron chi connectivity index (χ4n) is 0.998. The van der Waals surface area contributed by atoms with E-state index in [1.54, 1.807) is 11.6 Å². The van der Waals surface area contributed by atoms with Crippen molar-refractivity contribution < 1.29 is 0 Å². The average Bonchev–Trinajstić information content (AvgIpc) is 2.49. The minimum absolute atomic E-state index is 0.605. The zero-order chi connectivity index (χ0) is 8.55. The van der Waals surface area contributed by atoms with Crippen LogP contribution in [0.4, 0.5) is 0 Å². The molecule has 0 aliphatic rings. The van der Waals surface area contributed by atoms with Crippen molar-refractivity contribution in [1.82, 2.24) is 9.97 Å². The summed E-state index contributed by atoms with van der Waals surface area (Å²) < 4.78 is 0. The number of nitrogens with zero attached hydrogens (tertiary/aromatic N) is 3. The number of aryl methyl sites for hydroxylation is 1. The summed E-state index contributed by atoms with van der Waals surface area (Å²) in [5.41, 5.74) is 3.92. The topological polar surface area (TPSA) is 49.6 Å². The van der Waals surface area contributed by atoms with Crippen LogP contribution in [0, 0.1) is 18.3 Å². The molecule has 0 saturated carbocycles.